The molecule has 0 radical (unpaired) electrons. The van der Waals surface area contributed by atoms with Gasteiger partial charge in [-0.25, -0.2) is 0 Å². The number of aliphatic hydroxyl groups is 8. The Hall–Kier alpha value is -0.730. The molecule has 0 bridgehead atoms. The Morgan fingerprint density at radius 2 is 1.59 bits per heavy atom. The number of ketones is 1. The van der Waals surface area contributed by atoms with Gasteiger partial charge >= 0.3 is 0 Å². The molecule has 1 aliphatic rings. The van der Waals surface area contributed by atoms with Crippen LogP contribution in [0.2, 0.25) is 0 Å². The van der Waals surface area contributed by atoms with Crippen LogP contribution in [0, 0.1) is 5.41 Å². The highest BCUT2D eigenvalue weighted by Crippen LogP contribution is 2.26. The van der Waals surface area contributed by atoms with Crippen LogP contribution in [0.5, 0.6) is 0 Å². The summed E-state index contributed by atoms with van der Waals surface area (Å²) in [5.41, 5.74) is -0.896. The lowest BCUT2D eigenvalue weighted by Crippen LogP contribution is -2.61. The van der Waals surface area contributed by atoms with Crippen molar-refractivity contribution in [3.8, 4) is 0 Å². The second kappa shape index (κ2) is 9.65. The lowest BCUT2D eigenvalue weighted by molar-refractivity contribution is -0.314. The molecule has 0 aromatic carbocycles. The van der Waals surface area contributed by atoms with E-state index in [2.05, 4.69) is 0 Å². The van der Waals surface area contributed by atoms with E-state index in [0.29, 0.717) is 0 Å². The van der Waals surface area contributed by atoms with E-state index in [4.69, 9.17) is 19.7 Å². The monoisotopic (exact) mass is 398 g/mol. The SMILES string of the molecule is CC(C)(C)C(O)[C@H](O)C(=O)[C@H](O[C@@H]1O[C@H](CO)[C@H](O)[C@H](O)[C@H]1O)[C@H](O)CO. The van der Waals surface area contributed by atoms with E-state index in [1.807, 2.05) is 0 Å². The van der Waals surface area contributed by atoms with Gasteiger partial charge in [-0.15, -0.1) is 0 Å². The molecule has 1 aliphatic heterocycles. The van der Waals surface area contributed by atoms with Gasteiger partial charge in [-0.05, 0) is 5.41 Å². The maximum absolute atomic E-state index is 12.5. The third-order valence-corrected chi connectivity index (χ3v) is 4.42. The van der Waals surface area contributed by atoms with Crippen molar-refractivity contribution in [1.82, 2.24) is 0 Å². The highest BCUT2D eigenvalue weighted by Gasteiger charge is 2.47. The number of carbonyl (C=O) groups is 1. The first-order valence-corrected chi connectivity index (χ1v) is 8.51. The van der Waals surface area contributed by atoms with Gasteiger partial charge in [-0.3, -0.25) is 4.79 Å². The molecular formula is C16H30O11. The van der Waals surface area contributed by atoms with E-state index < -0.39 is 79.5 Å². The van der Waals surface area contributed by atoms with Gasteiger partial charge in [0.2, 0.25) is 0 Å². The molecule has 0 spiro atoms. The molecule has 11 heteroatoms. The van der Waals surface area contributed by atoms with E-state index in [0.717, 1.165) is 0 Å². The van der Waals surface area contributed by atoms with Gasteiger partial charge in [0, 0.05) is 0 Å². The van der Waals surface area contributed by atoms with Gasteiger partial charge in [-0.1, -0.05) is 20.8 Å². The van der Waals surface area contributed by atoms with E-state index in [1.165, 1.54) is 0 Å². The first-order valence-electron chi connectivity index (χ1n) is 8.51. The van der Waals surface area contributed by atoms with Crippen LogP contribution in [0.3, 0.4) is 0 Å². The average molecular weight is 398 g/mol. The number of aliphatic hydroxyl groups excluding tert-OH is 8. The van der Waals surface area contributed by atoms with Gasteiger partial charge in [-0.2, -0.15) is 0 Å². The van der Waals surface area contributed by atoms with Crippen LogP contribution in [0.4, 0.5) is 0 Å². The second-order valence-electron chi connectivity index (χ2n) is 7.66. The Morgan fingerprint density at radius 3 is 2.04 bits per heavy atom. The predicted octanol–water partition coefficient (Wildman–Crippen LogP) is -4.14. The minimum absolute atomic E-state index is 0.739. The summed E-state index contributed by atoms with van der Waals surface area (Å²) in [6.07, 6.45) is -15.7. The van der Waals surface area contributed by atoms with Crippen LogP contribution in [-0.2, 0) is 14.3 Å². The van der Waals surface area contributed by atoms with Crippen molar-refractivity contribution in [2.24, 2.45) is 5.41 Å². The van der Waals surface area contributed by atoms with Gasteiger partial charge < -0.3 is 50.3 Å². The highest BCUT2D eigenvalue weighted by atomic mass is 16.7. The molecule has 1 rings (SSSR count). The molecule has 0 saturated carbocycles. The average Bonchev–Trinajstić information content (AvgIpc) is 2.62. The summed E-state index contributed by atoms with van der Waals surface area (Å²) in [5, 5.41) is 77.9. The van der Waals surface area contributed by atoms with Crippen LogP contribution in [0.25, 0.3) is 0 Å². The third kappa shape index (κ3) is 5.64. The Labute approximate surface area is 156 Å². The summed E-state index contributed by atoms with van der Waals surface area (Å²) < 4.78 is 10.3. The van der Waals surface area contributed by atoms with E-state index in [1.54, 1.807) is 20.8 Å². The van der Waals surface area contributed by atoms with Gasteiger partial charge in [0.1, 0.15) is 42.7 Å². The Kier molecular flexibility index (Phi) is 8.69. The molecule has 160 valence electrons. The molecule has 0 aliphatic carbocycles. The first kappa shape index (κ1) is 24.3. The minimum atomic E-state index is -1.99. The number of hydrogen-bond acceptors (Lipinski definition) is 11. The van der Waals surface area contributed by atoms with Gasteiger partial charge in [0.05, 0.1) is 19.3 Å². The summed E-state index contributed by atoms with van der Waals surface area (Å²) in [6, 6.07) is 0. The number of rotatable bonds is 8. The molecule has 1 heterocycles. The number of Topliss-reactive ketones (excluding diaryl/α,β-unsaturated/α-hetero) is 1. The van der Waals surface area contributed by atoms with Crippen LogP contribution >= 0.6 is 0 Å². The van der Waals surface area contributed by atoms with Crippen molar-refractivity contribution < 1.29 is 55.1 Å². The van der Waals surface area contributed by atoms with E-state index >= 15 is 0 Å². The van der Waals surface area contributed by atoms with Crippen molar-refractivity contribution in [3.05, 3.63) is 0 Å². The van der Waals surface area contributed by atoms with Crippen LogP contribution in [0.1, 0.15) is 20.8 Å². The lowest BCUT2D eigenvalue weighted by Gasteiger charge is -2.41. The standard InChI is InChI=1S/C16H30O11/c1-16(2,3)14(25)11(23)10(22)13(6(19)4-17)27-15-12(24)9(21)8(20)7(5-18)26-15/h6-9,11-15,17-21,23-25H,4-5H2,1-3H3/t6-,7-,8+,9+,11-,12-,13-,14?,15+/m1/s1. The molecule has 1 fully saturated rings. The first-order chi connectivity index (χ1) is 12.4. The zero-order chi connectivity index (χ0) is 21.1. The van der Waals surface area contributed by atoms with Crippen molar-refractivity contribution in [2.45, 2.75) is 75.9 Å². The number of ether oxygens (including phenoxy) is 2. The Morgan fingerprint density at radius 1 is 1.04 bits per heavy atom. The molecule has 0 amide bonds. The third-order valence-electron chi connectivity index (χ3n) is 4.42. The zero-order valence-electron chi connectivity index (χ0n) is 15.4. The van der Waals surface area contributed by atoms with E-state index in [-0.39, 0.29) is 0 Å². The van der Waals surface area contributed by atoms with Crippen LogP contribution in [0.15, 0.2) is 0 Å². The lowest BCUT2D eigenvalue weighted by atomic mass is 9.83. The summed E-state index contributed by atoms with van der Waals surface area (Å²) in [7, 11) is 0. The second-order valence-corrected chi connectivity index (χ2v) is 7.66. The molecule has 1 saturated heterocycles. The van der Waals surface area contributed by atoms with Crippen molar-refractivity contribution in [3.63, 3.8) is 0 Å². The molecule has 0 aromatic rings. The Balaban J connectivity index is 3.02. The number of carbonyl (C=O) groups excluding carboxylic acids is 1. The van der Waals surface area contributed by atoms with E-state index in [9.17, 15) is 35.4 Å². The quantitative estimate of drug-likeness (QED) is 0.197. The summed E-state index contributed by atoms with van der Waals surface area (Å²) in [6.45, 7) is 2.99. The van der Waals surface area contributed by atoms with Gasteiger partial charge in [0.25, 0.3) is 0 Å². The fourth-order valence-corrected chi connectivity index (χ4v) is 2.56. The fraction of sp³-hybridized carbons (Fsp3) is 0.938. The van der Waals surface area contributed by atoms with Crippen LogP contribution < -0.4 is 0 Å². The van der Waals surface area contributed by atoms with Crippen LogP contribution in [-0.4, -0.2) is 115 Å². The fourth-order valence-electron chi connectivity index (χ4n) is 2.56. The van der Waals surface area contributed by atoms with Crippen molar-refractivity contribution >= 4 is 5.78 Å². The molecule has 27 heavy (non-hydrogen) atoms. The molecule has 1 unspecified atom stereocenters. The van der Waals surface area contributed by atoms with Gasteiger partial charge in [0.15, 0.2) is 12.1 Å². The summed E-state index contributed by atoms with van der Waals surface area (Å²) in [4.78, 5) is 12.5. The molecular weight excluding hydrogens is 368 g/mol. The summed E-state index contributed by atoms with van der Waals surface area (Å²) in [5.74, 6) is -1.18. The highest BCUT2D eigenvalue weighted by molar-refractivity contribution is 5.88. The predicted molar refractivity (Wildman–Crippen MR) is 88.2 cm³/mol. The molecule has 0 aromatic heterocycles. The van der Waals surface area contributed by atoms with Crippen molar-refractivity contribution in [2.75, 3.05) is 13.2 Å². The number of hydrogen-bond donors (Lipinski definition) is 8. The molecule has 8 N–H and O–H groups in total. The largest absolute Gasteiger partial charge is 0.394 e. The molecule has 9 atom stereocenters. The maximum Gasteiger partial charge on any atom is 0.195 e. The summed E-state index contributed by atoms with van der Waals surface area (Å²) >= 11 is 0. The Bertz CT molecular complexity index is 477. The normalized spacial score (nSPS) is 34.0. The molecule has 11 nitrogen and oxygen atoms in total. The minimum Gasteiger partial charge on any atom is -0.394 e. The maximum atomic E-state index is 12.5. The zero-order valence-corrected chi connectivity index (χ0v) is 15.4. The topological polar surface area (TPSA) is 197 Å². The van der Waals surface area contributed by atoms with Crippen molar-refractivity contribution in [1.29, 1.82) is 0 Å². The smallest absolute Gasteiger partial charge is 0.195 e.